The highest BCUT2D eigenvalue weighted by Gasteiger charge is 2.59. The Bertz CT molecular complexity index is 971. The van der Waals surface area contributed by atoms with Gasteiger partial charge in [-0.05, 0) is 86.0 Å². The molecule has 0 spiro atoms. The maximum atomic E-state index is 6.29. The van der Waals surface area contributed by atoms with Crippen molar-refractivity contribution in [1.82, 2.24) is 5.32 Å². The van der Waals surface area contributed by atoms with Gasteiger partial charge < -0.3 is 14.8 Å². The SMILES string of the molecule is CCOc1cc(CNC23CC4C[C@@](C)(C2)C[C@](C)(C4)C3)ccc1OCc1ccccc1Cl. The Labute approximate surface area is 197 Å². The topological polar surface area (TPSA) is 30.5 Å². The number of nitrogens with one attached hydrogen (secondary N) is 1. The molecule has 2 aromatic rings. The third-order valence-corrected chi connectivity index (χ3v) is 8.31. The lowest BCUT2D eigenvalue weighted by Crippen LogP contribution is -2.63. The smallest absolute Gasteiger partial charge is 0.161 e. The van der Waals surface area contributed by atoms with Crippen LogP contribution in [0.15, 0.2) is 42.5 Å². The van der Waals surface area contributed by atoms with E-state index in [1.165, 1.54) is 44.1 Å². The molecule has 2 unspecified atom stereocenters. The first kappa shape index (κ1) is 22.1. The van der Waals surface area contributed by atoms with E-state index in [0.717, 1.165) is 34.5 Å². The molecule has 0 radical (unpaired) electrons. The molecule has 4 heteroatoms. The van der Waals surface area contributed by atoms with E-state index in [9.17, 15) is 0 Å². The minimum atomic E-state index is 0.300. The highest BCUT2D eigenvalue weighted by Crippen LogP contribution is 2.66. The van der Waals surface area contributed by atoms with E-state index in [-0.39, 0.29) is 0 Å². The van der Waals surface area contributed by atoms with E-state index in [2.05, 4.69) is 31.3 Å². The van der Waals surface area contributed by atoms with E-state index in [0.29, 0.717) is 29.6 Å². The van der Waals surface area contributed by atoms with Crippen molar-refractivity contribution in [2.75, 3.05) is 6.61 Å². The molecule has 4 atom stereocenters. The number of hydrogen-bond donors (Lipinski definition) is 1. The van der Waals surface area contributed by atoms with Crippen LogP contribution in [0, 0.1) is 16.7 Å². The lowest BCUT2D eigenvalue weighted by atomic mass is 9.43. The first-order chi connectivity index (χ1) is 15.3. The Morgan fingerprint density at radius 3 is 2.38 bits per heavy atom. The molecule has 4 aliphatic rings. The van der Waals surface area contributed by atoms with Gasteiger partial charge in [0, 0.05) is 22.7 Å². The zero-order chi connectivity index (χ0) is 22.4. The van der Waals surface area contributed by atoms with Crippen molar-refractivity contribution in [1.29, 1.82) is 0 Å². The van der Waals surface area contributed by atoms with Gasteiger partial charge in [0.25, 0.3) is 0 Å². The van der Waals surface area contributed by atoms with Crippen molar-refractivity contribution >= 4 is 11.6 Å². The molecule has 172 valence electrons. The second-order valence-electron chi connectivity index (χ2n) is 11.4. The normalized spacial score (nSPS) is 32.8. The van der Waals surface area contributed by atoms with E-state index in [1.807, 2.05) is 37.3 Å². The summed E-state index contributed by atoms with van der Waals surface area (Å²) >= 11 is 6.29. The Balaban J connectivity index is 1.28. The zero-order valence-electron chi connectivity index (χ0n) is 19.7. The van der Waals surface area contributed by atoms with Crippen LogP contribution in [0.1, 0.15) is 70.4 Å². The van der Waals surface area contributed by atoms with Crippen LogP contribution in [-0.4, -0.2) is 12.1 Å². The summed E-state index contributed by atoms with van der Waals surface area (Å²) < 4.78 is 12.0. The molecule has 32 heavy (non-hydrogen) atoms. The van der Waals surface area contributed by atoms with Gasteiger partial charge in [-0.25, -0.2) is 0 Å². The second kappa shape index (κ2) is 8.25. The highest BCUT2D eigenvalue weighted by atomic mass is 35.5. The van der Waals surface area contributed by atoms with Gasteiger partial charge in [-0.1, -0.05) is 49.7 Å². The summed E-state index contributed by atoms with van der Waals surface area (Å²) in [4.78, 5) is 0. The molecule has 3 nitrogen and oxygen atoms in total. The molecule has 0 aromatic heterocycles. The standard InChI is InChI=1S/C28H36ClNO2/c1-4-31-25-11-20(9-10-24(25)32-16-22-7-5-6-8-23(22)29)15-30-28-14-21-12-26(2,18-28)17-27(3,13-21)19-28/h5-11,21,30H,4,12-19H2,1-3H3/t21?,26-,27+,28?. The van der Waals surface area contributed by atoms with Gasteiger partial charge in [0.2, 0.25) is 0 Å². The molecular weight excluding hydrogens is 418 g/mol. The Morgan fingerprint density at radius 2 is 1.69 bits per heavy atom. The van der Waals surface area contributed by atoms with E-state index in [4.69, 9.17) is 21.1 Å². The van der Waals surface area contributed by atoms with Crippen molar-refractivity contribution < 1.29 is 9.47 Å². The molecule has 4 fully saturated rings. The lowest BCUT2D eigenvalue weighted by Gasteiger charge is -2.65. The number of rotatable bonds is 8. The summed E-state index contributed by atoms with van der Waals surface area (Å²) in [7, 11) is 0. The van der Waals surface area contributed by atoms with Crippen molar-refractivity contribution in [3.8, 4) is 11.5 Å². The van der Waals surface area contributed by atoms with Gasteiger partial charge in [-0.15, -0.1) is 0 Å². The molecule has 0 heterocycles. The van der Waals surface area contributed by atoms with E-state index in [1.54, 1.807) is 0 Å². The van der Waals surface area contributed by atoms with Gasteiger partial charge >= 0.3 is 0 Å². The minimum Gasteiger partial charge on any atom is -0.490 e. The molecule has 4 saturated carbocycles. The summed E-state index contributed by atoms with van der Waals surface area (Å²) in [5.41, 5.74) is 3.58. The molecule has 0 amide bonds. The Morgan fingerprint density at radius 1 is 0.938 bits per heavy atom. The minimum absolute atomic E-state index is 0.300. The van der Waals surface area contributed by atoms with Crippen LogP contribution in [0.25, 0.3) is 0 Å². The molecule has 6 rings (SSSR count). The fraction of sp³-hybridized carbons (Fsp3) is 0.571. The molecule has 4 bridgehead atoms. The summed E-state index contributed by atoms with van der Waals surface area (Å²) in [6, 6.07) is 14.2. The zero-order valence-corrected chi connectivity index (χ0v) is 20.4. The summed E-state index contributed by atoms with van der Waals surface area (Å²) in [5, 5.41) is 4.76. The van der Waals surface area contributed by atoms with Gasteiger partial charge in [-0.3, -0.25) is 0 Å². The van der Waals surface area contributed by atoms with Crippen LogP contribution in [0.5, 0.6) is 11.5 Å². The van der Waals surface area contributed by atoms with Crippen LogP contribution >= 0.6 is 11.6 Å². The number of benzene rings is 2. The van der Waals surface area contributed by atoms with Crippen molar-refractivity contribution in [2.45, 2.75) is 78.0 Å². The maximum Gasteiger partial charge on any atom is 0.161 e. The number of hydrogen-bond acceptors (Lipinski definition) is 3. The maximum absolute atomic E-state index is 6.29. The van der Waals surface area contributed by atoms with Crippen LogP contribution in [0.4, 0.5) is 0 Å². The predicted octanol–water partition coefficient (Wildman–Crippen LogP) is 7.16. The molecule has 4 aliphatic carbocycles. The third-order valence-electron chi connectivity index (χ3n) is 7.94. The van der Waals surface area contributed by atoms with Crippen LogP contribution in [0.3, 0.4) is 0 Å². The molecule has 0 aliphatic heterocycles. The number of halogens is 1. The second-order valence-corrected chi connectivity index (χ2v) is 11.8. The van der Waals surface area contributed by atoms with Gasteiger partial charge in [-0.2, -0.15) is 0 Å². The molecule has 2 aromatic carbocycles. The third kappa shape index (κ3) is 4.39. The molecule has 1 N–H and O–H groups in total. The Hall–Kier alpha value is -1.71. The summed E-state index contributed by atoms with van der Waals surface area (Å²) in [6.45, 7) is 9.00. The summed E-state index contributed by atoms with van der Waals surface area (Å²) in [6.07, 6.45) is 8.25. The number of ether oxygens (including phenoxy) is 2. The first-order valence-corrected chi connectivity index (χ1v) is 12.5. The predicted molar refractivity (Wildman–Crippen MR) is 130 cm³/mol. The fourth-order valence-electron chi connectivity index (χ4n) is 7.76. The largest absolute Gasteiger partial charge is 0.490 e. The van der Waals surface area contributed by atoms with Gasteiger partial charge in [0.1, 0.15) is 6.61 Å². The fourth-order valence-corrected chi connectivity index (χ4v) is 7.95. The molecule has 0 saturated heterocycles. The average Bonchev–Trinajstić information content (AvgIpc) is 2.70. The summed E-state index contributed by atoms with van der Waals surface area (Å²) in [5.74, 6) is 2.47. The first-order valence-electron chi connectivity index (χ1n) is 12.2. The monoisotopic (exact) mass is 453 g/mol. The van der Waals surface area contributed by atoms with Crippen LogP contribution < -0.4 is 14.8 Å². The Kier molecular flexibility index (Phi) is 5.70. The van der Waals surface area contributed by atoms with Gasteiger partial charge in [0.05, 0.1) is 6.61 Å². The van der Waals surface area contributed by atoms with Crippen molar-refractivity contribution in [3.63, 3.8) is 0 Å². The average molecular weight is 454 g/mol. The highest BCUT2D eigenvalue weighted by molar-refractivity contribution is 6.31. The van der Waals surface area contributed by atoms with E-state index >= 15 is 0 Å². The van der Waals surface area contributed by atoms with Crippen molar-refractivity contribution in [3.05, 3.63) is 58.6 Å². The van der Waals surface area contributed by atoms with Gasteiger partial charge in [0.15, 0.2) is 11.5 Å². The van der Waals surface area contributed by atoms with Crippen LogP contribution in [-0.2, 0) is 13.2 Å². The van der Waals surface area contributed by atoms with Crippen molar-refractivity contribution in [2.24, 2.45) is 16.7 Å². The van der Waals surface area contributed by atoms with E-state index < -0.39 is 0 Å². The lowest BCUT2D eigenvalue weighted by molar-refractivity contribution is -0.118. The van der Waals surface area contributed by atoms with Crippen LogP contribution in [0.2, 0.25) is 5.02 Å². The molecular formula is C28H36ClNO2. The quantitative estimate of drug-likeness (QED) is 0.460.